The highest BCUT2D eigenvalue weighted by atomic mass is 16.4. The van der Waals surface area contributed by atoms with Crippen molar-refractivity contribution in [2.24, 2.45) is 5.73 Å². The highest BCUT2D eigenvalue weighted by Gasteiger charge is 2.21. The lowest BCUT2D eigenvalue weighted by Crippen LogP contribution is -2.21. The summed E-state index contributed by atoms with van der Waals surface area (Å²) in [5.74, 6) is -0.976. The van der Waals surface area contributed by atoms with Crippen LogP contribution in [0.15, 0.2) is 72.8 Å². The van der Waals surface area contributed by atoms with Gasteiger partial charge in [0, 0.05) is 11.3 Å². The molecule has 0 saturated heterocycles. The molecule has 142 valence electrons. The molecular weight excluding hydrogens is 350 g/mol. The van der Waals surface area contributed by atoms with Crippen LogP contribution < -0.4 is 11.1 Å². The predicted molar refractivity (Wildman–Crippen MR) is 113 cm³/mol. The molecule has 0 aliphatic carbocycles. The average Bonchev–Trinajstić information content (AvgIpc) is 2.72. The van der Waals surface area contributed by atoms with Gasteiger partial charge < -0.3 is 16.2 Å². The number of aryl methyl sites for hydroxylation is 1. The topological polar surface area (TPSA) is 99.2 Å². The van der Waals surface area contributed by atoms with Crippen molar-refractivity contribution in [2.75, 3.05) is 5.32 Å². The molecule has 0 aromatic heterocycles. The number of nitrogens with one attached hydrogen (secondary N) is 2. The number of rotatable bonds is 7. The van der Waals surface area contributed by atoms with Crippen molar-refractivity contribution < 1.29 is 9.90 Å². The molecule has 0 radical (unpaired) electrons. The van der Waals surface area contributed by atoms with Crippen LogP contribution >= 0.6 is 0 Å². The first-order valence-corrected chi connectivity index (χ1v) is 9.11. The zero-order valence-electron chi connectivity index (χ0n) is 15.6. The van der Waals surface area contributed by atoms with Crippen molar-refractivity contribution in [3.8, 4) is 11.1 Å². The smallest absolute Gasteiger partial charge is 0.330 e. The fraction of sp³-hybridized carbons (Fsp3) is 0.130. The third-order valence-corrected chi connectivity index (χ3v) is 4.68. The Balaban J connectivity index is 1.91. The standard InChI is InChI=1S/C23H23N3O2/c1-2-15-14-18(10-13-20(15)16-6-4-3-5-7-16)21(23(27)28)26-19-11-8-17(9-12-19)22(24)25/h3-14,21,26H,2H2,1H3,(H3,24,25)(H,27,28). The average molecular weight is 373 g/mol. The molecule has 0 spiro atoms. The number of carboxylic acid groups (broad SMARTS) is 1. The second kappa shape index (κ2) is 8.39. The lowest BCUT2D eigenvalue weighted by atomic mass is 9.93. The van der Waals surface area contributed by atoms with E-state index in [2.05, 4.69) is 24.4 Å². The minimum Gasteiger partial charge on any atom is -0.479 e. The molecule has 5 heteroatoms. The number of hydrogen-bond donors (Lipinski definition) is 4. The van der Waals surface area contributed by atoms with Gasteiger partial charge in [0.2, 0.25) is 0 Å². The Hall–Kier alpha value is -3.60. The van der Waals surface area contributed by atoms with Crippen molar-refractivity contribution in [3.63, 3.8) is 0 Å². The Morgan fingerprint density at radius 2 is 1.75 bits per heavy atom. The van der Waals surface area contributed by atoms with E-state index in [1.165, 1.54) is 0 Å². The molecule has 0 aliphatic rings. The van der Waals surface area contributed by atoms with Crippen molar-refractivity contribution in [2.45, 2.75) is 19.4 Å². The maximum atomic E-state index is 11.9. The largest absolute Gasteiger partial charge is 0.479 e. The molecular formula is C23H23N3O2. The molecule has 0 saturated carbocycles. The molecule has 3 rings (SSSR count). The second-order valence-corrected chi connectivity index (χ2v) is 6.54. The second-order valence-electron chi connectivity index (χ2n) is 6.54. The number of hydrogen-bond acceptors (Lipinski definition) is 3. The summed E-state index contributed by atoms with van der Waals surface area (Å²) in [6.07, 6.45) is 0.803. The first-order valence-electron chi connectivity index (χ1n) is 9.11. The van der Waals surface area contributed by atoms with Gasteiger partial charge in [-0.25, -0.2) is 4.79 Å². The fourth-order valence-electron chi connectivity index (χ4n) is 3.19. The summed E-state index contributed by atoms with van der Waals surface area (Å²) in [6, 6.07) is 21.8. The summed E-state index contributed by atoms with van der Waals surface area (Å²) in [5.41, 5.74) is 10.7. The van der Waals surface area contributed by atoms with Gasteiger partial charge in [-0.05, 0) is 52.9 Å². The van der Waals surface area contributed by atoms with Crippen LogP contribution in [0.1, 0.15) is 29.7 Å². The monoisotopic (exact) mass is 373 g/mol. The van der Waals surface area contributed by atoms with E-state index in [1.54, 1.807) is 24.3 Å². The van der Waals surface area contributed by atoms with Crippen LogP contribution in [0.4, 0.5) is 5.69 Å². The van der Waals surface area contributed by atoms with Crippen LogP contribution in [0.5, 0.6) is 0 Å². The van der Waals surface area contributed by atoms with Gasteiger partial charge >= 0.3 is 5.97 Å². The molecule has 0 heterocycles. The van der Waals surface area contributed by atoms with E-state index in [1.807, 2.05) is 36.4 Å². The van der Waals surface area contributed by atoms with Gasteiger partial charge in [0.15, 0.2) is 6.04 Å². The molecule has 0 fully saturated rings. The molecule has 5 nitrogen and oxygen atoms in total. The summed E-state index contributed by atoms with van der Waals surface area (Å²) in [5, 5.41) is 20.3. The lowest BCUT2D eigenvalue weighted by Gasteiger charge is -2.19. The molecule has 5 N–H and O–H groups in total. The number of carbonyl (C=O) groups is 1. The van der Waals surface area contributed by atoms with Gasteiger partial charge in [-0.15, -0.1) is 0 Å². The molecule has 3 aromatic carbocycles. The molecule has 28 heavy (non-hydrogen) atoms. The summed E-state index contributed by atoms with van der Waals surface area (Å²) in [7, 11) is 0. The van der Waals surface area contributed by atoms with Crippen LogP contribution in [0, 0.1) is 5.41 Å². The van der Waals surface area contributed by atoms with Crippen LogP contribution in [-0.2, 0) is 11.2 Å². The molecule has 1 unspecified atom stereocenters. The Bertz CT molecular complexity index is 982. The van der Waals surface area contributed by atoms with Crippen molar-refractivity contribution in [1.82, 2.24) is 0 Å². The van der Waals surface area contributed by atoms with E-state index in [0.29, 0.717) is 16.8 Å². The van der Waals surface area contributed by atoms with Gasteiger partial charge in [0.05, 0.1) is 0 Å². The Morgan fingerprint density at radius 1 is 1.07 bits per heavy atom. The van der Waals surface area contributed by atoms with Crippen LogP contribution in [-0.4, -0.2) is 16.9 Å². The molecule has 1 atom stereocenters. The third kappa shape index (κ3) is 4.20. The van der Waals surface area contributed by atoms with E-state index in [4.69, 9.17) is 11.1 Å². The highest BCUT2D eigenvalue weighted by molar-refractivity contribution is 5.95. The number of nitrogens with two attached hydrogens (primary N) is 1. The maximum Gasteiger partial charge on any atom is 0.330 e. The first-order chi connectivity index (χ1) is 13.5. The van der Waals surface area contributed by atoms with Gasteiger partial charge in [0.25, 0.3) is 0 Å². The zero-order valence-corrected chi connectivity index (χ0v) is 15.6. The summed E-state index contributed by atoms with van der Waals surface area (Å²) >= 11 is 0. The van der Waals surface area contributed by atoms with E-state index in [0.717, 1.165) is 23.1 Å². The number of carboxylic acids is 1. The quantitative estimate of drug-likeness (QED) is 0.363. The third-order valence-electron chi connectivity index (χ3n) is 4.68. The van der Waals surface area contributed by atoms with Crippen LogP contribution in [0.3, 0.4) is 0 Å². The molecule has 0 amide bonds. The minimum atomic E-state index is -0.954. The van der Waals surface area contributed by atoms with E-state index < -0.39 is 12.0 Å². The molecule has 3 aromatic rings. The molecule has 0 bridgehead atoms. The van der Waals surface area contributed by atoms with Gasteiger partial charge in [0.1, 0.15) is 5.84 Å². The van der Waals surface area contributed by atoms with Crippen molar-refractivity contribution in [1.29, 1.82) is 5.41 Å². The maximum absolute atomic E-state index is 11.9. The van der Waals surface area contributed by atoms with E-state index in [-0.39, 0.29) is 5.84 Å². The summed E-state index contributed by atoms with van der Waals surface area (Å²) in [4.78, 5) is 11.9. The van der Waals surface area contributed by atoms with Gasteiger partial charge in [-0.2, -0.15) is 0 Å². The van der Waals surface area contributed by atoms with Crippen molar-refractivity contribution >= 4 is 17.5 Å². The number of amidine groups is 1. The van der Waals surface area contributed by atoms with Crippen LogP contribution in [0.2, 0.25) is 0 Å². The summed E-state index contributed by atoms with van der Waals surface area (Å²) in [6.45, 7) is 2.06. The number of aliphatic carboxylic acids is 1. The Labute approximate surface area is 164 Å². The Kier molecular flexibility index (Phi) is 5.75. The molecule has 0 aliphatic heterocycles. The van der Waals surface area contributed by atoms with Crippen LogP contribution in [0.25, 0.3) is 11.1 Å². The lowest BCUT2D eigenvalue weighted by molar-refractivity contribution is -0.138. The normalized spacial score (nSPS) is 11.6. The van der Waals surface area contributed by atoms with Gasteiger partial charge in [-0.1, -0.05) is 55.5 Å². The van der Waals surface area contributed by atoms with E-state index in [9.17, 15) is 9.90 Å². The highest BCUT2D eigenvalue weighted by Crippen LogP contribution is 2.29. The minimum absolute atomic E-state index is 0.0228. The fourth-order valence-corrected chi connectivity index (χ4v) is 3.19. The SMILES string of the molecule is CCc1cc(C(Nc2ccc(C(=N)N)cc2)C(=O)O)ccc1-c1ccccc1. The predicted octanol–water partition coefficient (Wildman–Crippen LogP) is 4.44. The number of nitrogen functional groups attached to an aromatic ring is 1. The summed E-state index contributed by atoms with van der Waals surface area (Å²) < 4.78 is 0. The first kappa shape index (κ1) is 19.2. The number of anilines is 1. The van der Waals surface area contributed by atoms with Crippen molar-refractivity contribution in [3.05, 3.63) is 89.5 Å². The van der Waals surface area contributed by atoms with E-state index >= 15 is 0 Å². The zero-order chi connectivity index (χ0) is 20.1. The Morgan fingerprint density at radius 3 is 2.32 bits per heavy atom. The van der Waals surface area contributed by atoms with Gasteiger partial charge in [-0.3, -0.25) is 5.41 Å². The number of benzene rings is 3.